The molecule has 1 amide bonds. The van der Waals surface area contributed by atoms with Crippen LogP contribution in [0.4, 0.5) is 0 Å². The molecule has 1 aliphatic rings. The fourth-order valence-corrected chi connectivity index (χ4v) is 3.45. The Hall–Kier alpha value is -1.36. The van der Waals surface area contributed by atoms with Gasteiger partial charge in [0.05, 0.1) is 5.69 Å². The quantitative estimate of drug-likeness (QED) is 0.902. The third-order valence-electron chi connectivity index (χ3n) is 4.69. The van der Waals surface area contributed by atoms with Crippen molar-refractivity contribution in [2.75, 3.05) is 13.1 Å². The molecule has 0 aromatic carbocycles. The van der Waals surface area contributed by atoms with Crippen molar-refractivity contribution < 1.29 is 4.79 Å². The first-order valence-electron chi connectivity index (χ1n) is 8.16. The maximum Gasteiger partial charge on any atom is 0.272 e. The molecule has 118 valence electrons. The predicted molar refractivity (Wildman–Crippen MR) is 84.1 cm³/mol. The van der Waals surface area contributed by atoms with E-state index in [1.165, 1.54) is 12.8 Å². The van der Waals surface area contributed by atoms with Crippen molar-refractivity contribution in [1.29, 1.82) is 0 Å². The topological polar surface area (TPSA) is 64.2 Å². The monoisotopic (exact) mass is 292 g/mol. The molecule has 0 spiro atoms. The van der Waals surface area contributed by atoms with Crippen molar-refractivity contribution >= 4 is 5.91 Å². The highest BCUT2D eigenvalue weighted by atomic mass is 16.2. The summed E-state index contributed by atoms with van der Waals surface area (Å²) < 4.78 is 1.71. The van der Waals surface area contributed by atoms with Gasteiger partial charge in [-0.3, -0.25) is 9.48 Å². The largest absolute Gasteiger partial charge is 0.334 e. The average molecular weight is 292 g/mol. The smallest absolute Gasteiger partial charge is 0.272 e. The summed E-state index contributed by atoms with van der Waals surface area (Å²) in [6, 6.07) is 2.20. The summed E-state index contributed by atoms with van der Waals surface area (Å²) in [5, 5.41) is 4.40. The van der Waals surface area contributed by atoms with Gasteiger partial charge in [0, 0.05) is 19.6 Å². The lowest BCUT2D eigenvalue weighted by Crippen LogP contribution is -2.48. The van der Waals surface area contributed by atoms with Crippen molar-refractivity contribution in [2.24, 2.45) is 18.7 Å². The van der Waals surface area contributed by atoms with Gasteiger partial charge >= 0.3 is 0 Å². The molecule has 2 N–H and O–H groups in total. The van der Waals surface area contributed by atoms with E-state index in [-0.39, 0.29) is 11.9 Å². The van der Waals surface area contributed by atoms with E-state index in [4.69, 9.17) is 5.73 Å². The SMILES string of the molecule is CCc1cc(C(=O)N(CC)C2CCCCC2CN)n(C)n1. The minimum absolute atomic E-state index is 0.0950. The normalized spacial score (nSPS) is 22.3. The molecule has 1 saturated carbocycles. The number of nitrogens with two attached hydrogens (primary N) is 1. The molecule has 5 nitrogen and oxygen atoms in total. The van der Waals surface area contributed by atoms with Crippen LogP contribution in [0, 0.1) is 5.92 Å². The molecule has 1 aromatic rings. The van der Waals surface area contributed by atoms with Gasteiger partial charge in [0.1, 0.15) is 5.69 Å². The van der Waals surface area contributed by atoms with Crippen molar-refractivity contribution in [3.8, 4) is 0 Å². The van der Waals surface area contributed by atoms with Crippen LogP contribution < -0.4 is 5.73 Å². The molecule has 5 heteroatoms. The Morgan fingerprint density at radius 3 is 2.71 bits per heavy atom. The molecule has 0 saturated heterocycles. The van der Waals surface area contributed by atoms with Gasteiger partial charge in [-0.2, -0.15) is 5.10 Å². The van der Waals surface area contributed by atoms with Gasteiger partial charge in [0.15, 0.2) is 0 Å². The van der Waals surface area contributed by atoms with Gasteiger partial charge in [-0.25, -0.2) is 0 Å². The molecule has 1 aliphatic carbocycles. The molecule has 0 bridgehead atoms. The minimum atomic E-state index is 0.0950. The number of aryl methyl sites for hydroxylation is 2. The first kappa shape index (κ1) is 16.0. The van der Waals surface area contributed by atoms with E-state index in [0.29, 0.717) is 18.2 Å². The number of amides is 1. The Labute approximate surface area is 127 Å². The van der Waals surface area contributed by atoms with Crippen molar-refractivity contribution in [1.82, 2.24) is 14.7 Å². The molecule has 1 fully saturated rings. The Kier molecular flexibility index (Phi) is 5.39. The van der Waals surface area contributed by atoms with E-state index >= 15 is 0 Å². The van der Waals surface area contributed by atoms with Gasteiger partial charge in [0.25, 0.3) is 5.91 Å². The lowest BCUT2D eigenvalue weighted by molar-refractivity contribution is 0.0549. The van der Waals surface area contributed by atoms with Crippen LogP contribution in [0.1, 0.15) is 55.7 Å². The Morgan fingerprint density at radius 1 is 1.43 bits per heavy atom. The number of nitrogens with zero attached hydrogens (tertiary/aromatic N) is 3. The molecule has 0 aliphatic heterocycles. The molecule has 0 radical (unpaired) electrons. The molecule has 2 rings (SSSR count). The van der Waals surface area contributed by atoms with Crippen LogP contribution in [0.15, 0.2) is 6.07 Å². The summed E-state index contributed by atoms with van der Waals surface area (Å²) >= 11 is 0. The maximum atomic E-state index is 12.9. The van der Waals surface area contributed by atoms with E-state index in [1.54, 1.807) is 4.68 Å². The summed E-state index contributed by atoms with van der Waals surface area (Å²) in [7, 11) is 1.85. The second-order valence-electron chi connectivity index (χ2n) is 5.94. The van der Waals surface area contributed by atoms with Crippen LogP contribution in [0.3, 0.4) is 0 Å². The van der Waals surface area contributed by atoms with Gasteiger partial charge < -0.3 is 10.6 Å². The average Bonchev–Trinajstić information content (AvgIpc) is 2.89. The van der Waals surface area contributed by atoms with Gasteiger partial charge in [-0.15, -0.1) is 0 Å². The minimum Gasteiger partial charge on any atom is -0.334 e. The number of hydrogen-bond donors (Lipinski definition) is 1. The molecule has 2 atom stereocenters. The lowest BCUT2D eigenvalue weighted by Gasteiger charge is -2.39. The van der Waals surface area contributed by atoms with Crippen LogP contribution in [0.2, 0.25) is 0 Å². The third-order valence-corrected chi connectivity index (χ3v) is 4.69. The second kappa shape index (κ2) is 7.07. The highest BCUT2D eigenvalue weighted by Gasteiger charge is 2.32. The summed E-state index contributed by atoms with van der Waals surface area (Å²) in [5.74, 6) is 0.527. The summed E-state index contributed by atoms with van der Waals surface area (Å²) in [6.45, 7) is 5.50. The van der Waals surface area contributed by atoms with Gasteiger partial charge in [-0.05, 0) is 44.7 Å². The van der Waals surface area contributed by atoms with E-state index < -0.39 is 0 Å². The highest BCUT2D eigenvalue weighted by molar-refractivity contribution is 5.93. The highest BCUT2D eigenvalue weighted by Crippen LogP contribution is 2.28. The molecule has 2 unspecified atom stereocenters. The maximum absolute atomic E-state index is 12.9. The molecule has 1 aromatic heterocycles. The van der Waals surface area contributed by atoms with Crippen LogP contribution in [0.25, 0.3) is 0 Å². The lowest BCUT2D eigenvalue weighted by atomic mass is 9.83. The van der Waals surface area contributed by atoms with Crippen LogP contribution >= 0.6 is 0 Å². The van der Waals surface area contributed by atoms with Crippen LogP contribution in [-0.2, 0) is 13.5 Å². The predicted octanol–water partition coefficient (Wildman–Crippen LogP) is 1.96. The summed E-state index contributed by atoms with van der Waals surface area (Å²) in [4.78, 5) is 14.9. The Balaban J connectivity index is 2.22. The van der Waals surface area contributed by atoms with Crippen molar-refractivity contribution in [2.45, 2.75) is 52.0 Å². The first-order valence-corrected chi connectivity index (χ1v) is 8.16. The fourth-order valence-electron chi connectivity index (χ4n) is 3.45. The van der Waals surface area contributed by atoms with E-state index in [9.17, 15) is 4.79 Å². The zero-order valence-electron chi connectivity index (χ0n) is 13.5. The summed E-state index contributed by atoms with van der Waals surface area (Å²) in [5.41, 5.74) is 7.58. The van der Waals surface area contributed by atoms with E-state index in [2.05, 4.69) is 18.9 Å². The number of aromatic nitrogens is 2. The first-order chi connectivity index (χ1) is 10.1. The van der Waals surface area contributed by atoms with E-state index in [1.807, 2.05) is 18.0 Å². The second-order valence-corrected chi connectivity index (χ2v) is 5.94. The number of hydrogen-bond acceptors (Lipinski definition) is 3. The zero-order chi connectivity index (χ0) is 15.4. The molecule has 21 heavy (non-hydrogen) atoms. The Bertz CT molecular complexity index is 483. The Morgan fingerprint density at radius 2 is 2.14 bits per heavy atom. The number of rotatable bonds is 5. The fraction of sp³-hybridized carbons (Fsp3) is 0.750. The zero-order valence-corrected chi connectivity index (χ0v) is 13.5. The molecular formula is C16H28N4O. The molecular weight excluding hydrogens is 264 g/mol. The number of carbonyl (C=O) groups excluding carboxylic acids is 1. The third kappa shape index (κ3) is 3.28. The van der Waals surface area contributed by atoms with Crippen molar-refractivity contribution in [3.63, 3.8) is 0 Å². The number of carbonyl (C=O) groups is 1. The van der Waals surface area contributed by atoms with Crippen molar-refractivity contribution in [3.05, 3.63) is 17.5 Å². The van der Waals surface area contributed by atoms with Gasteiger partial charge in [0.2, 0.25) is 0 Å². The van der Waals surface area contributed by atoms with Gasteiger partial charge in [-0.1, -0.05) is 19.8 Å². The molecule has 1 heterocycles. The van der Waals surface area contributed by atoms with Crippen LogP contribution in [-0.4, -0.2) is 39.7 Å². The standard InChI is InChI=1S/C16H28N4O/c1-4-13-10-15(19(3)18-13)16(21)20(5-2)14-9-7-6-8-12(14)11-17/h10,12,14H,4-9,11,17H2,1-3H3. The van der Waals surface area contributed by atoms with Crippen LogP contribution in [0.5, 0.6) is 0 Å². The summed E-state index contributed by atoms with van der Waals surface area (Å²) in [6.07, 6.45) is 5.48. The van der Waals surface area contributed by atoms with E-state index in [0.717, 1.165) is 31.5 Å².